The fourth-order valence-corrected chi connectivity index (χ4v) is 2.74. The predicted octanol–water partition coefficient (Wildman–Crippen LogP) is 1.60. The highest BCUT2D eigenvalue weighted by Gasteiger charge is 2.20. The number of esters is 1. The highest BCUT2D eigenvalue weighted by Crippen LogP contribution is 2.21. The van der Waals surface area contributed by atoms with Crippen molar-refractivity contribution in [2.24, 2.45) is 0 Å². The molecule has 0 aliphatic rings. The minimum Gasteiger partial charge on any atom is -0.461 e. The normalized spacial score (nSPS) is 11.1. The summed E-state index contributed by atoms with van der Waals surface area (Å²) >= 11 is 1.07. The Bertz CT molecular complexity index is 899. The molecule has 0 aliphatic heterocycles. The molecule has 0 spiro atoms. The van der Waals surface area contributed by atoms with Crippen molar-refractivity contribution in [3.05, 3.63) is 28.2 Å². The molecule has 1 aromatic carbocycles. The van der Waals surface area contributed by atoms with Gasteiger partial charge in [0.15, 0.2) is 0 Å². The quantitative estimate of drug-likeness (QED) is 0.683. The summed E-state index contributed by atoms with van der Waals surface area (Å²) < 4.78 is 14.7. The molecule has 0 atom stereocenters. The van der Waals surface area contributed by atoms with E-state index in [1.54, 1.807) is 19.1 Å². The second-order valence-electron chi connectivity index (χ2n) is 4.30. The van der Waals surface area contributed by atoms with Gasteiger partial charge in [-0.2, -0.15) is 8.75 Å². The molecule has 2 heterocycles. The Labute approximate surface area is 123 Å². The van der Waals surface area contributed by atoms with Crippen LogP contribution < -0.4 is 5.56 Å². The summed E-state index contributed by atoms with van der Waals surface area (Å²) in [7, 11) is 0. The average Bonchev–Trinajstić information content (AvgIpc) is 2.95. The lowest BCUT2D eigenvalue weighted by atomic mass is 10.2. The molecule has 0 aliphatic carbocycles. The first-order valence-corrected chi connectivity index (χ1v) is 7.23. The molecule has 0 N–H and O–H groups in total. The van der Waals surface area contributed by atoms with Crippen molar-refractivity contribution in [1.29, 1.82) is 0 Å². The number of ether oxygens (including phenoxy) is 1. The summed E-state index contributed by atoms with van der Waals surface area (Å²) in [6.07, 6.45) is 0. The maximum absolute atomic E-state index is 12.4. The molecule has 0 unspecified atom stereocenters. The van der Waals surface area contributed by atoms with Gasteiger partial charge in [0.2, 0.25) is 5.69 Å². The van der Waals surface area contributed by atoms with Crippen LogP contribution in [-0.2, 0) is 11.3 Å². The highest BCUT2D eigenvalue weighted by atomic mass is 32.1. The van der Waals surface area contributed by atoms with Gasteiger partial charge in [-0.3, -0.25) is 4.79 Å². The number of nitrogens with zero attached hydrogens (tertiary/aromatic N) is 4. The smallest absolute Gasteiger partial charge is 0.362 e. The maximum atomic E-state index is 12.4. The first-order valence-electron chi connectivity index (χ1n) is 6.50. The summed E-state index contributed by atoms with van der Waals surface area (Å²) in [6, 6.07) is 3.56. The highest BCUT2D eigenvalue weighted by molar-refractivity contribution is 7.00. The van der Waals surface area contributed by atoms with Crippen molar-refractivity contribution < 1.29 is 9.53 Å². The third-order valence-electron chi connectivity index (χ3n) is 3.13. The second-order valence-corrected chi connectivity index (χ2v) is 4.82. The van der Waals surface area contributed by atoms with Crippen molar-refractivity contribution >= 4 is 39.8 Å². The molecular formula is C13H12N4O3S. The Morgan fingerprint density at radius 2 is 2.10 bits per heavy atom. The number of aryl methyl sites for hydroxylation is 1. The minimum absolute atomic E-state index is 0.187. The van der Waals surface area contributed by atoms with E-state index in [0.29, 0.717) is 28.6 Å². The maximum Gasteiger partial charge on any atom is 0.362 e. The summed E-state index contributed by atoms with van der Waals surface area (Å²) in [5.74, 6) is -0.716. The topological polar surface area (TPSA) is 87.0 Å². The second kappa shape index (κ2) is 5.21. The van der Waals surface area contributed by atoms with Gasteiger partial charge in [0.1, 0.15) is 16.6 Å². The summed E-state index contributed by atoms with van der Waals surface area (Å²) in [6.45, 7) is 4.12. The Morgan fingerprint density at radius 1 is 1.29 bits per heavy atom. The molecule has 108 valence electrons. The Morgan fingerprint density at radius 3 is 2.81 bits per heavy atom. The van der Waals surface area contributed by atoms with E-state index < -0.39 is 11.5 Å². The molecule has 0 amide bonds. The van der Waals surface area contributed by atoms with E-state index in [9.17, 15) is 9.59 Å². The largest absolute Gasteiger partial charge is 0.461 e. The van der Waals surface area contributed by atoms with E-state index >= 15 is 0 Å². The van der Waals surface area contributed by atoms with E-state index in [1.807, 2.05) is 6.92 Å². The lowest BCUT2D eigenvalue weighted by Crippen LogP contribution is -2.29. The molecule has 0 radical (unpaired) electrons. The summed E-state index contributed by atoms with van der Waals surface area (Å²) in [5.41, 5.74) is 1.74. The SMILES string of the molecule is CCOC(=O)c1nc2c3nsnc3ccc2n(CC)c1=O. The van der Waals surface area contributed by atoms with E-state index in [2.05, 4.69) is 13.7 Å². The number of hydrogen-bond acceptors (Lipinski definition) is 7. The molecule has 2 aromatic heterocycles. The third-order valence-corrected chi connectivity index (χ3v) is 3.67. The van der Waals surface area contributed by atoms with E-state index in [-0.39, 0.29) is 12.3 Å². The first kappa shape index (κ1) is 13.6. The number of hydrogen-bond donors (Lipinski definition) is 0. The zero-order chi connectivity index (χ0) is 15.0. The lowest BCUT2D eigenvalue weighted by Gasteiger charge is -2.09. The molecule has 7 nitrogen and oxygen atoms in total. The van der Waals surface area contributed by atoms with Crippen molar-refractivity contribution in [3.63, 3.8) is 0 Å². The molecule has 0 saturated carbocycles. The van der Waals surface area contributed by atoms with Crippen LogP contribution in [0.1, 0.15) is 24.3 Å². The Hall–Kier alpha value is -2.35. The summed E-state index contributed by atoms with van der Waals surface area (Å²) in [4.78, 5) is 28.5. The van der Waals surface area contributed by atoms with Crippen LogP contribution in [-0.4, -0.2) is 30.9 Å². The molecule has 0 bridgehead atoms. The van der Waals surface area contributed by atoms with Gasteiger partial charge < -0.3 is 9.30 Å². The van der Waals surface area contributed by atoms with Gasteiger partial charge >= 0.3 is 5.97 Å². The van der Waals surface area contributed by atoms with Crippen LogP contribution in [0.4, 0.5) is 0 Å². The monoisotopic (exact) mass is 304 g/mol. The molecular weight excluding hydrogens is 292 g/mol. The van der Waals surface area contributed by atoms with Crippen LogP contribution in [0.25, 0.3) is 22.1 Å². The number of carbonyl (C=O) groups is 1. The van der Waals surface area contributed by atoms with Crippen molar-refractivity contribution in [1.82, 2.24) is 18.3 Å². The average molecular weight is 304 g/mol. The molecule has 0 fully saturated rings. The number of carbonyl (C=O) groups excluding carboxylic acids is 1. The molecule has 0 saturated heterocycles. The molecule has 3 aromatic rings. The van der Waals surface area contributed by atoms with Crippen LogP contribution in [0.5, 0.6) is 0 Å². The van der Waals surface area contributed by atoms with Gasteiger partial charge in [0, 0.05) is 6.54 Å². The minimum atomic E-state index is -0.716. The van der Waals surface area contributed by atoms with Crippen LogP contribution in [0.2, 0.25) is 0 Å². The van der Waals surface area contributed by atoms with Crippen LogP contribution in [0.15, 0.2) is 16.9 Å². The molecule has 21 heavy (non-hydrogen) atoms. The number of aromatic nitrogens is 4. The van der Waals surface area contributed by atoms with Crippen molar-refractivity contribution in [2.45, 2.75) is 20.4 Å². The van der Waals surface area contributed by atoms with E-state index in [1.165, 1.54) is 4.57 Å². The fraction of sp³-hybridized carbons (Fsp3) is 0.308. The third kappa shape index (κ3) is 2.07. The van der Waals surface area contributed by atoms with Crippen molar-refractivity contribution in [3.8, 4) is 0 Å². The van der Waals surface area contributed by atoms with E-state index in [0.717, 1.165) is 11.7 Å². The Balaban J connectivity index is 2.42. The Kier molecular flexibility index (Phi) is 3.38. The number of fused-ring (bicyclic) bond motifs is 3. The zero-order valence-electron chi connectivity index (χ0n) is 11.5. The lowest BCUT2D eigenvalue weighted by molar-refractivity contribution is 0.0517. The molecule has 3 rings (SSSR count). The summed E-state index contributed by atoms with van der Waals surface area (Å²) in [5, 5.41) is 0. The van der Waals surface area contributed by atoms with Crippen LogP contribution in [0, 0.1) is 0 Å². The van der Waals surface area contributed by atoms with Gasteiger partial charge in [0.25, 0.3) is 5.56 Å². The fourth-order valence-electron chi connectivity index (χ4n) is 2.20. The van der Waals surface area contributed by atoms with E-state index in [4.69, 9.17) is 4.74 Å². The van der Waals surface area contributed by atoms with Gasteiger partial charge in [-0.15, -0.1) is 0 Å². The van der Waals surface area contributed by atoms with Gasteiger partial charge in [-0.1, -0.05) is 0 Å². The van der Waals surface area contributed by atoms with Gasteiger partial charge in [-0.25, -0.2) is 9.78 Å². The van der Waals surface area contributed by atoms with Crippen LogP contribution in [0.3, 0.4) is 0 Å². The van der Waals surface area contributed by atoms with Crippen LogP contribution >= 0.6 is 11.7 Å². The zero-order valence-corrected chi connectivity index (χ0v) is 12.3. The number of rotatable bonds is 3. The molecule has 8 heteroatoms. The van der Waals surface area contributed by atoms with Gasteiger partial charge in [0.05, 0.1) is 23.9 Å². The van der Waals surface area contributed by atoms with Crippen molar-refractivity contribution in [2.75, 3.05) is 6.61 Å². The van der Waals surface area contributed by atoms with Gasteiger partial charge in [-0.05, 0) is 26.0 Å². The number of benzene rings is 1. The standard InChI is InChI=1S/C13H12N4O3S/c1-3-17-8-6-5-7-9(16-21-15-7)10(8)14-11(12(17)18)13(19)20-4-2/h5-6H,3-4H2,1-2H3. The first-order chi connectivity index (χ1) is 10.2. The predicted molar refractivity (Wildman–Crippen MR) is 78.6 cm³/mol.